The minimum absolute atomic E-state index is 0.105. The first-order chi connectivity index (χ1) is 8.44. The maximum Gasteiger partial charge on any atom is 0.307 e. The Kier molecular flexibility index (Phi) is 4.28. The highest BCUT2D eigenvalue weighted by Gasteiger charge is 2.34. The number of nitrogens with one attached hydrogen (secondary N) is 1. The molecule has 0 bridgehead atoms. The molecule has 0 spiro atoms. The lowest BCUT2D eigenvalue weighted by molar-refractivity contribution is -0.154. The molecule has 104 valence electrons. The molecule has 0 amide bonds. The zero-order valence-electron chi connectivity index (χ0n) is 11.9. The van der Waals surface area contributed by atoms with Crippen LogP contribution in [-0.2, 0) is 9.53 Å². The van der Waals surface area contributed by atoms with E-state index in [0.717, 1.165) is 19.1 Å². The zero-order chi connectivity index (χ0) is 13.2. The van der Waals surface area contributed by atoms with E-state index in [9.17, 15) is 4.79 Å². The fraction of sp³-hybridized carbons (Fsp3) is 0.929. The summed E-state index contributed by atoms with van der Waals surface area (Å²) < 4.78 is 5.28. The van der Waals surface area contributed by atoms with Crippen molar-refractivity contribution in [3.05, 3.63) is 0 Å². The van der Waals surface area contributed by atoms with E-state index in [0.29, 0.717) is 12.5 Å². The van der Waals surface area contributed by atoms with E-state index in [4.69, 9.17) is 4.74 Å². The van der Waals surface area contributed by atoms with Crippen molar-refractivity contribution in [3.8, 4) is 0 Å². The summed E-state index contributed by atoms with van der Waals surface area (Å²) in [6, 6.07) is 1.43. The summed E-state index contributed by atoms with van der Waals surface area (Å²) in [4.78, 5) is 14.1. The Bertz CT molecular complexity index is 295. The first-order valence-corrected chi connectivity index (χ1v) is 7.13. The normalized spacial score (nSPS) is 25.4. The second-order valence-electron chi connectivity index (χ2n) is 6.50. The number of nitrogens with zero attached hydrogens (tertiary/aromatic N) is 1. The molecule has 1 heterocycles. The minimum Gasteiger partial charge on any atom is -0.460 e. The van der Waals surface area contributed by atoms with E-state index in [-0.39, 0.29) is 11.6 Å². The molecule has 0 radical (unpaired) electrons. The lowest BCUT2D eigenvalue weighted by atomic mass is 10.2. The van der Waals surface area contributed by atoms with Crippen LogP contribution in [0.25, 0.3) is 0 Å². The number of carbonyl (C=O) groups excluding carboxylic acids is 1. The van der Waals surface area contributed by atoms with Crippen molar-refractivity contribution in [2.24, 2.45) is 0 Å². The molecule has 1 saturated carbocycles. The lowest BCUT2D eigenvalue weighted by Gasteiger charge is -2.20. The van der Waals surface area contributed by atoms with Crippen molar-refractivity contribution < 1.29 is 9.53 Å². The molecule has 4 nitrogen and oxygen atoms in total. The van der Waals surface area contributed by atoms with Crippen molar-refractivity contribution in [2.75, 3.05) is 19.6 Å². The van der Waals surface area contributed by atoms with Crippen LogP contribution >= 0.6 is 0 Å². The van der Waals surface area contributed by atoms with Crippen LogP contribution in [0.4, 0.5) is 0 Å². The van der Waals surface area contributed by atoms with E-state index < -0.39 is 0 Å². The van der Waals surface area contributed by atoms with Gasteiger partial charge in [-0.2, -0.15) is 0 Å². The van der Waals surface area contributed by atoms with Gasteiger partial charge in [0.2, 0.25) is 0 Å². The number of hydrogen-bond donors (Lipinski definition) is 1. The molecule has 2 rings (SSSR count). The monoisotopic (exact) mass is 254 g/mol. The van der Waals surface area contributed by atoms with Crippen molar-refractivity contribution in [1.82, 2.24) is 10.2 Å². The maximum atomic E-state index is 11.5. The van der Waals surface area contributed by atoms with Gasteiger partial charge >= 0.3 is 5.97 Å². The maximum absolute atomic E-state index is 11.5. The Morgan fingerprint density at radius 1 is 1.33 bits per heavy atom. The van der Waals surface area contributed by atoms with Gasteiger partial charge in [0, 0.05) is 31.7 Å². The van der Waals surface area contributed by atoms with Crippen molar-refractivity contribution in [3.63, 3.8) is 0 Å². The SMILES string of the molecule is CC(C)(C)OC(=O)CCNC1CCN(C2CC2)C1. The number of ether oxygens (including phenoxy) is 1. The van der Waals surface area contributed by atoms with E-state index in [1.54, 1.807) is 0 Å². The van der Waals surface area contributed by atoms with Gasteiger partial charge in [0.1, 0.15) is 5.60 Å². The molecule has 18 heavy (non-hydrogen) atoms. The highest BCUT2D eigenvalue weighted by atomic mass is 16.6. The highest BCUT2D eigenvalue weighted by molar-refractivity contribution is 5.70. The van der Waals surface area contributed by atoms with Gasteiger partial charge in [0.15, 0.2) is 0 Å². The number of rotatable bonds is 5. The lowest BCUT2D eigenvalue weighted by Crippen LogP contribution is -2.35. The first-order valence-electron chi connectivity index (χ1n) is 7.13. The average Bonchev–Trinajstić information content (AvgIpc) is 2.97. The molecule has 1 aliphatic carbocycles. The predicted octanol–water partition coefficient (Wildman–Crippen LogP) is 1.54. The molecule has 0 aromatic carbocycles. The van der Waals surface area contributed by atoms with E-state index in [2.05, 4.69) is 10.2 Å². The molecule has 0 aromatic heterocycles. The van der Waals surface area contributed by atoms with Crippen molar-refractivity contribution in [2.45, 2.75) is 64.1 Å². The van der Waals surface area contributed by atoms with Crippen LogP contribution in [0.2, 0.25) is 0 Å². The smallest absolute Gasteiger partial charge is 0.307 e. The third-order valence-corrected chi connectivity index (χ3v) is 3.47. The first kappa shape index (κ1) is 13.8. The predicted molar refractivity (Wildman–Crippen MR) is 71.5 cm³/mol. The Morgan fingerprint density at radius 2 is 2.06 bits per heavy atom. The Labute approximate surface area is 110 Å². The van der Waals surface area contributed by atoms with Gasteiger partial charge < -0.3 is 10.1 Å². The van der Waals surface area contributed by atoms with Gasteiger partial charge in [0.05, 0.1) is 6.42 Å². The second-order valence-corrected chi connectivity index (χ2v) is 6.50. The Hall–Kier alpha value is -0.610. The third kappa shape index (κ3) is 4.58. The van der Waals surface area contributed by atoms with Crippen LogP contribution in [0.5, 0.6) is 0 Å². The number of carbonyl (C=O) groups is 1. The molecule has 2 aliphatic rings. The van der Waals surface area contributed by atoms with Gasteiger partial charge in [-0.1, -0.05) is 0 Å². The third-order valence-electron chi connectivity index (χ3n) is 3.47. The van der Waals surface area contributed by atoms with Gasteiger partial charge in [-0.3, -0.25) is 9.69 Å². The molecule has 1 N–H and O–H groups in total. The van der Waals surface area contributed by atoms with Gasteiger partial charge in [-0.05, 0) is 40.0 Å². The molecule has 1 aliphatic heterocycles. The molecule has 1 atom stereocenters. The molecule has 1 saturated heterocycles. The fourth-order valence-corrected chi connectivity index (χ4v) is 2.50. The molecule has 4 heteroatoms. The van der Waals surface area contributed by atoms with Crippen LogP contribution in [0.3, 0.4) is 0 Å². The van der Waals surface area contributed by atoms with Gasteiger partial charge in [-0.25, -0.2) is 0 Å². The molecule has 0 aromatic rings. The summed E-state index contributed by atoms with van der Waals surface area (Å²) in [5, 5.41) is 3.47. The van der Waals surface area contributed by atoms with Crippen LogP contribution < -0.4 is 5.32 Å². The second kappa shape index (κ2) is 5.57. The number of likely N-dealkylation sites (tertiary alicyclic amines) is 1. The summed E-state index contributed by atoms with van der Waals surface area (Å²) in [7, 11) is 0. The summed E-state index contributed by atoms with van der Waals surface area (Å²) in [6.07, 6.45) is 4.44. The highest BCUT2D eigenvalue weighted by Crippen LogP contribution is 2.29. The fourth-order valence-electron chi connectivity index (χ4n) is 2.50. The summed E-state index contributed by atoms with van der Waals surface area (Å²) >= 11 is 0. The van der Waals surface area contributed by atoms with Gasteiger partial charge in [0.25, 0.3) is 0 Å². The topological polar surface area (TPSA) is 41.6 Å². The number of esters is 1. The molecular weight excluding hydrogens is 228 g/mol. The summed E-state index contributed by atoms with van der Waals surface area (Å²) in [5.41, 5.74) is -0.368. The van der Waals surface area contributed by atoms with Crippen molar-refractivity contribution in [1.29, 1.82) is 0 Å². The standard InChI is InChI=1S/C14H26N2O2/c1-14(2,3)18-13(17)6-8-15-11-7-9-16(10-11)12-4-5-12/h11-12,15H,4-10H2,1-3H3. The quantitative estimate of drug-likeness (QED) is 0.756. The minimum atomic E-state index is -0.368. The zero-order valence-corrected chi connectivity index (χ0v) is 11.9. The summed E-state index contributed by atoms with van der Waals surface area (Å²) in [6.45, 7) is 8.82. The largest absolute Gasteiger partial charge is 0.460 e. The van der Waals surface area contributed by atoms with E-state index >= 15 is 0 Å². The van der Waals surface area contributed by atoms with Crippen LogP contribution in [0.1, 0.15) is 46.5 Å². The van der Waals surface area contributed by atoms with Crippen molar-refractivity contribution >= 4 is 5.97 Å². The molecule has 2 fully saturated rings. The molecular formula is C14H26N2O2. The van der Waals surface area contributed by atoms with E-state index in [1.165, 1.54) is 25.8 Å². The average molecular weight is 254 g/mol. The van der Waals surface area contributed by atoms with Crippen LogP contribution in [0, 0.1) is 0 Å². The summed E-state index contributed by atoms with van der Waals surface area (Å²) in [5.74, 6) is -0.105. The Morgan fingerprint density at radius 3 is 2.67 bits per heavy atom. The van der Waals surface area contributed by atoms with Crippen LogP contribution in [0.15, 0.2) is 0 Å². The Balaban J connectivity index is 1.57. The van der Waals surface area contributed by atoms with Gasteiger partial charge in [-0.15, -0.1) is 0 Å². The van der Waals surface area contributed by atoms with Crippen LogP contribution in [-0.4, -0.2) is 48.2 Å². The molecule has 1 unspecified atom stereocenters. The number of hydrogen-bond acceptors (Lipinski definition) is 4. The van der Waals surface area contributed by atoms with E-state index in [1.807, 2.05) is 20.8 Å².